The molecule has 0 saturated heterocycles. The molecule has 1 aromatic carbocycles. The summed E-state index contributed by atoms with van der Waals surface area (Å²) in [7, 11) is 1.91. The second-order valence-electron chi connectivity index (χ2n) is 5.31. The molecule has 0 aliphatic carbocycles. The lowest BCUT2D eigenvalue weighted by Crippen LogP contribution is -2.14. The molecule has 3 rings (SSSR count). The van der Waals surface area contributed by atoms with E-state index >= 15 is 0 Å². The van der Waals surface area contributed by atoms with Crippen molar-refractivity contribution in [1.29, 1.82) is 0 Å². The molecule has 7 heteroatoms. The molecule has 128 valence electrons. The fourth-order valence-electron chi connectivity index (χ4n) is 2.15. The number of aryl methyl sites for hydroxylation is 1. The van der Waals surface area contributed by atoms with Gasteiger partial charge in [0, 0.05) is 37.1 Å². The summed E-state index contributed by atoms with van der Waals surface area (Å²) in [5, 5.41) is 4.76. The van der Waals surface area contributed by atoms with Crippen molar-refractivity contribution in [3.8, 4) is 0 Å². The predicted molar refractivity (Wildman–Crippen MR) is 103 cm³/mol. The number of amides is 1. The van der Waals surface area contributed by atoms with Gasteiger partial charge < -0.3 is 9.88 Å². The number of nitrogens with zero attached hydrogens (tertiary/aromatic N) is 3. The summed E-state index contributed by atoms with van der Waals surface area (Å²) >= 11 is 3.09. The van der Waals surface area contributed by atoms with Crippen LogP contribution in [-0.2, 0) is 17.6 Å². The summed E-state index contributed by atoms with van der Waals surface area (Å²) in [6.45, 7) is 0. The molecule has 3 aromatic rings. The van der Waals surface area contributed by atoms with Crippen LogP contribution in [0.3, 0.4) is 0 Å². The number of imidazole rings is 1. The monoisotopic (exact) mass is 370 g/mol. The number of anilines is 1. The van der Waals surface area contributed by atoms with Gasteiger partial charge in [0.05, 0.1) is 10.8 Å². The van der Waals surface area contributed by atoms with Gasteiger partial charge in [-0.3, -0.25) is 4.79 Å². The maximum absolute atomic E-state index is 12.1. The van der Waals surface area contributed by atoms with E-state index in [-0.39, 0.29) is 5.91 Å². The predicted octanol–water partition coefficient (Wildman–Crippen LogP) is 3.84. The third-order valence-corrected chi connectivity index (χ3v) is 5.42. The molecule has 0 fully saturated rings. The maximum Gasteiger partial charge on any atom is 0.234 e. The molecule has 5 nitrogen and oxygen atoms in total. The lowest BCUT2D eigenvalue weighted by molar-refractivity contribution is -0.113. The Morgan fingerprint density at radius 2 is 2.04 bits per heavy atom. The second kappa shape index (κ2) is 8.73. The number of aromatic nitrogens is 3. The summed E-state index contributed by atoms with van der Waals surface area (Å²) in [6, 6.07) is 13.8. The number of benzene rings is 1. The van der Waals surface area contributed by atoms with Crippen LogP contribution >= 0.6 is 23.5 Å². The van der Waals surface area contributed by atoms with E-state index in [1.165, 1.54) is 11.8 Å². The van der Waals surface area contributed by atoms with Crippen molar-refractivity contribution in [1.82, 2.24) is 14.5 Å². The third kappa shape index (κ3) is 5.37. The molecule has 0 spiro atoms. The van der Waals surface area contributed by atoms with Crippen molar-refractivity contribution in [2.24, 2.45) is 7.05 Å². The number of thioether (sulfide) groups is 2. The quantitative estimate of drug-likeness (QED) is 0.640. The van der Waals surface area contributed by atoms with E-state index in [0.29, 0.717) is 5.75 Å². The van der Waals surface area contributed by atoms with E-state index in [1.807, 2.05) is 60.3 Å². The topological polar surface area (TPSA) is 59.8 Å². The number of rotatable bonds is 7. The largest absolute Gasteiger partial charge is 0.329 e. The first-order valence-corrected chi connectivity index (χ1v) is 9.70. The van der Waals surface area contributed by atoms with Gasteiger partial charge in [-0.2, -0.15) is 0 Å². The average Bonchev–Trinajstić information content (AvgIpc) is 3.04. The Kier molecular flexibility index (Phi) is 6.14. The van der Waals surface area contributed by atoms with Crippen LogP contribution in [0.2, 0.25) is 0 Å². The van der Waals surface area contributed by atoms with Gasteiger partial charge in [-0.1, -0.05) is 30.0 Å². The van der Waals surface area contributed by atoms with E-state index in [0.717, 1.165) is 27.2 Å². The highest BCUT2D eigenvalue weighted by molar-refractivity contribution is 7.99. The van der Waals surface area contributed by atoms with E-state index in [2.05, 4.69) is 15.3 Å². The van der Waals surface area contributed by atoms with Crippen LogP contribution in [0.25, 0.3) is 0 Å². The molecule has 2 heterocycles. The smallest absolute Gasteiger partial charge is 0.234 e. The van der Waals surface area contributed by atoms with Gasteiger partial charge in [-0.15, -0.1) is 11.8 Å². The number of carbonyl (C=O) groups excluding carboxylic acids is 1. The minimum atomic E-state index is -0.0393. The molecule has 0 aliphatic rings. The van der Waals surface area contributed by atoms with Crippen molar-refractivity contribution in [3.05, 3.63) is 66.6 Å². The van der Waals surface area contributed by atoms with Crippen LogP contribution in [-0.4, -0.2) is 26.2 Å². The van der Waals surface area contributed by atoms with Crippen LogP contribution < -0.4 is 5.32 Å². The van der Waals surface area contributed by atoms with Gasteiger partial charge in [-0.25, -0.2) is 9.97 Å². The Bertz CT molecular complexity index is 836. The average molecular weight is 371 g/mol. The molecule has 1 N–H and O–H groups in total. The molecule has 1 amide bonds. The SMILES string of the molecule is Cn1ccnc1SCC(=O)Nc1cccc(CSc2ccccn2)c1. The van der Waals surface area contributed by atoms with Crippen molar-refractivity contribution < 1.29 is 4.79 Å². The first-order valence-electron chi connectivity index (χ1n) is 7.73. The summed E-state index contributed by atoms with van der Waals surface area (Å²) in [5.41, 5.74) is 1.95. The number of nitrogens with one attached hydrogen (secondary N) is 1. The molecular formula is C18H18N4OS2. The second-order valence-corrected chi connectivity index (χ2v) is 7.25. The van der Waals surface area contributed by atoms with Crippen LogP contribution in [0.1, 0.15) is 5.56 Å². The summed E-state index contributed by atoms with van der Waals surface area (Å²) in [6.07, 6.45) is 5.38. The van der Waals surface area contributed by atoms with Gasteiger partial charge in [0.1, 0.15) is 0 Å². The number of hydrogen-bond donors (Lipinski definition) is 1. The van der Waals surface area contributed by atoms with Gasteiger partial charge >= 0.3 is 0 Å². The zero-order valence-electron chi connectivity index (χ0n) is 13.8. The normalized spacial score (nSPS) is 10.6. The summed E-state index contributed by atoms with van der Waals surface area (Å²) in [4.78, 5) is 20.6. The van der Waals surface area contributed by atoms with E-state index in [9.17, 15) is 4.79 Å². The van der Waals surface area contributed by atoms with Crippen molar-refractivity contribution >= 4 is 35.1 Å². The van der Waals surface area contributed by atoms with Gasteiger partial charge in [-0.05, 0) is 29.8 Å². The van der Waals surface area contributed by atoms with Gasteiger partial charge in [0.15, 0.2) is 5.16 Å². The molecule has 0 atom stereocenters. The third-order valence-electron chi connectivity index (χ3n) is 3.34. The molecule has 2 aromatic heterocycles. The Balaban J connectivity index is 1.52. The minimum Gasteiger partial charge on any atom is -0.329 e. The highest BCUT2D eigenvalue weighted by Gasteiger charge is 2.07. The first-order chi connectivity index (χ1) is 12.2. The van der Waals surface area contributed by atoms with Crippen molar-refractivity contribution in [3.63, 3.8) is 0 Å². The molecule has 0 saturated carbocycles. The Morgan fingerprint density at radius 1 is 1.12 bits per heavy atom. The van der Waals surface area contributed by atoms with E-state index < -0.39 is 0 Å². The zero-order valence-corrected chi connectivity index (χ0v) is 15.4. The molecular weight excluding hydrogens is 352 g/mol. The fourth-order valence-corrected chi connectivity index (χ4v) is 3.68. The zero-order chi connectivity index (χ0) is 17.5. The van der Waals surface area contributed by atoms with Crippen molar-refractivity contribution in [2.75, 3.05) is 11.1 Å². The van der Waals surface area contributed by atoms with Gasteiger partial charge in [0.25, 0.3) is 0 Å². The van der Waals surface area contributed by atoms with Crippen LogP contribution in [0.5, 0.6) is 0 Å². The van der Waals surface area contributed by atoms with Crippen LogP contribution in [0, 0.1) is 0 Å². The minimum absolute atomic E-state index is 0.0393. The number of pyridine rings is 1. The Hall–Kier alpha value is -2.25. The highest BCUT2D eigenvalue weighted by atomic mass is 32.2. The molecule has 0 radical (unpaired) electrons. The standard InChI is InChI=1S/C18H18N4OS2/c1-22-10-9-20-18(22)25-13-16(23)21-15-6-4-5-14(11-15)12-24-17-7-2-3-8-19-17/h2-11H,12-13H2,1H3,(H,21,23). The molecule has 0 bridgehead atoms. The number of hydrogen-bond acceptors (Lipinski definition) is 5. The van der Waals surface area contributed by atoms with Crippen molar-refractivity contribution in [2.45, 2.75) is 15.9 Å². The fraction of sp³-hybridized carbons (Fsp3) is 0.167. The van der Waals surface area contributed by atoms with Gasteiger partial charge in [0.2, 0.25) is 5.91 Å². The van der Waals surface area contributed by atoms with E-state index in [4.69, 9.17) is 0 Å². The first kappa shape index (κ1) is 17.6. The molecule has 25 heavy (non-hydrogen) atoms. The molecule has 0 aliphatic heterocycles. The lowest BCUT2D eigenvalue weighted by Gasteiger charge is -2.07. The Morgan fingerprint density at radius 3 is 2.80 bits per heavy atom. The Labute approximate surface area is 155 Å². The van der Waals surface area contributed by atoms with Crippen LogP contribution in [0.4, 0.5) is 5.69 Å². The van der Waals surface area contributed by atoms with E-state index in [1.54, 1.807) is 24.2 Å². The van der Waals surface area contributed by atoms with Crippen LogP contribution in [0.15, 0.2) is 71.2 Å². The summed E-state index contributed by atoms with van der Waals surface area (Å²) in [5.74, 6) is 1.10. The highest BCUT2D eigenvalue weighted by Crippen LogP contribution is 2.22. The lowest BCUT2D eigenvalue weighted by atomic mass is 10.2. The molecule has 0 unspecified atom stereocenters. The maximum atomic E-state index is 12.1. The summed E-state index contributed by atoms with van der Waals surface area (Å²) < 4.78 is 1.90. The number of carbonyl (C=O) groups is 1.